The van der Waals surface area contributed by atoms with Crippen LogP contribution >= 0.6 is 0 Å². The van der Waals surface area contributed by atoms with Gasteiger partial charge in [-0.15, -0.1) is 0 Å². The van der Waals surface area contributed by atoms with Crippen LogP contribution in [0.3, 0.4) is 0 Å². The molecule has 0 amide bonds. The summed E-state index contributed by atoms with van der Waals surface area (Å²) < 4.78 is 10.9. The number of ether oxygens (including phenoxy) is 2. The maximum atomic E-state index is 5.49. The fraction of sp³-hybridized carbons (Fsp3) is 0.647. The molecule has 2 rings (SSSR count). The molecule has 2 atom stereocenters. The summed E-state index contributed by atoms with van der Waals surface area (Å²) in [4.78, 5) is 2.47. The third kappa shape index (κ3) is 4.70. The highest BCUT2D eigenvalue weighted by Crippen LogP contribution is 2.27. The number of benzene rings is 1. The highest BCUT2D eigenvalue weighted by Gasteiger charge is 2.19. The molecule has 1 saturated heterocycles. The number of para-hydroxylation sites is 1. The topological polar surface area (TPSA) is 33.7 Å². The molecule has 1 aliphatic rings. The van der Waals surface area contributed by atoms with E-state index in [1.165, 1.54) is 5.56 Å². The molecule has 0 saturated carbocycles. The van der Waals surface area contributed by atoms with Crippen LogP contribution in [0.15, 0.2) is 24.3 Å². The maximum absolute atomic E-state index is 5.49. The van der Waals surface area contributed by atoms with Gasteiger partial charge in [0.25, 0.3) is 0 Å². The van der Waals surface area contributed by atoms with Gasteiger partial charge in [0.05, 0.1) is 20.3 Å². The summed E-state index contributed by atoms with van der Waals surface area (Å²) in [6, 6.07) is 9.06. The van der Waals surface area contributed by atoms with E-state index in [-0.39, 0.29) is 0 Å². The van der Waals surface area contributed by atoms with Gasteiger partial charge in [-0.1, -0.05) is 25.1 Å². The zero-order chi connectivity index (χ0) is 15.1. The Morgan fingerprint density at radius 2 is 2.00 bits per heavy atom. The summed E-state index contributed by atoms with van der Waals surface area (Å²) in [5.41, 5.74) is 1.25. The molecule has 1 aromatic carbocycles. The van der Waals surface area contributed by atoms with E-state index in [0.717, 1.165) is 45.0 Å². The molecule has 4 nitrogen and oxygen atoms in total. The molecule has 21 heavy (non-hydrogen) atoms. The lowest BCUT2D eigenvalue weighted by Gasteiger charge is -2.31. The third-order valence-electron chi connectivity index (χ3n) is 4.04. The Hall–Kier alpha value is -1.10. The van der Waals surface area contributed by atoms with Gasteiger partial charge in [-0.2, -0.15) is 0 Å². The summed E-state index contributed by atoms with van der Waals surface area (Å²) in [6.07, 6.45) is 1.05. The number of hydrogen-bond donors (Lipinski definition) is 1. The Labute approximate surface area is 128 Å². The average molecular weight is 292 g/mol. The molecule has 1 N–H and O–H groups in total. The van der Waals surface area contributed by atoms with E-state index in [0.29, 0.717) is 12.1 Å². The van der Waals surface area contributed by atoms with E-state index in [1.54, 1.807) is 7.11 Å². The van der Waals surface area contributed by atoms with Crippen LogP contribution in [0.4, 0.5) is 0 Å². The van der Waals surface area contributed by atoms with Crippen LogP contribution in [0.2, 0.25) is 0 Å². The SMILES string of the molecule is CCC(NC(C)CN1CCOCC1)c1ccccc1OC. The molecule has 1 heterocycles. The van der Waals surface area contributed by atoms with Crippen molar-refractivity contribution in [1.29, 1.82) is 0 Å². The van der Waals surface area contributed by atoms with Crippen molar-refractivity contribution in [3.63, 3.8) is 0 Å². The fourth-order valence-corrected chi connectivity index (χ4v) is 2.95. The quantitative estimate of drug-likeness (QED) is 0.837. The molecule has 4 heteroatoms. The van der Waals surface area contributed by atoms with Crippen molar-refractivity contribution in [3.05, 3.63) is 29.8 Å². The highest BCUT2D eigenvalue weighted by atomic mass is 16.5. The fourth-order valence-electron chi connectivity index (χ4n) is 2.95. The van der Waals surface area contributed by atoms with Gasteiger partial charge in [-0.3, -0.25) is 4.90 Å². The molecule has 0 aliphatic carbocycles. The van der Waals surface area contributed by atoms with E-state index >= 15 is 0 Å². The van der Waals surface area contributed by atoms with Crippen molar-refractivity contribution >= 4 is 0 Å². The molecule has 0 spiro atoms. The van der Waals surface area contributed by atoms with Crippen molar-refractivity contribution < 1.29 is 9.47 Å². The van der Waals surface area contributed by atoms with E-state index < -0.39 is 0 Å². The molecule has 0 radical (unpaired) electrons. The predicted molar refractivity (Wildman–Crippen MR) is 85.9 cm³/mol. The van der Waals surface area contributed by atoms with Gasteiger partial charge in [0.1, 0.15) is 5.75 Å². The molecule has 2 unspecified atom stereocenters. The van der Waals surface area contributed by atoms with Crippen molar-refractivity contribution in [2.75, 3.05) is 40.0 Å². The summed E-state index contributed by atoms with van der Waals surface area (Å²) in [7, 11) is 1.74. The smallest absolute Gasteiger partial charge is 0.123 e. The number of rotatable bonds is 7. The molecule has 0 bridgehead atoms. The molecule has 118 valence electrons. The zero-order valence-corrected chi connectivity index (χ0v) is 13.5. The monoisotopic (exact) mass is 292 g/mol. The van der Waals surface area contributed by atoms with Gasteiger partial charge < -0.3 is 14.8 Å². The molecular weight excluding hydrogens is 264 g/mol. The first-order chi connectivity index (χ1) is 10.2. The van der Waals surface area contributed by atoms with Gasteiger partial charge in [0, 0.05) is 37.3 Å². The predicted octanol–water partition coefficient (Wildman–Crippen LogP) is 2.46. The van der Waals surface area contributed by atoms with Crippen LogP contribution in [0.25, 0.3) is 0 Å². The Morgan fingerprint density at radius 3 is 2.67 bits per heavy atom. The van der Waals surface area contributed by atoms with Gasteiger partial charge in [-0.25, -0.2) is 0 Å². The first kappa shape index (κ1) is 16.3. The number of nitrogens with zero attached hydrogens (tertiary/aromatic N) is 1. The zero-order valence-electron chi connectivity index (χ0n) is 13.5. The second kappa shape index (κ2) is 8.37. The van der Waals surface area contributed by atoms with Crippen molar-refractivity contribution in [1.82, 2.24) is 10.2 Å². The lowest BCUT2D eigenvalue weighted by Crippen LogP contribution is -2.45. The van der Waals surface area contributed by atoms with Gasteiger partial charge in [0.2, 0.25) is 0 Å². The minimum absolute atomic E-state index is 0.331. The standard InChI is InChI=1S/C17H28N2O2/c1-4-16(15-7-5-6-8-17(15)20-3)18-14(2)13-19-9-11-21-12-10-19/h5-8,14,16,18H,4,9-13H2,1-3H3. The maximum Gasteiger partial charge on any atom is 0.123 e. The Bertz CT molecular complexity index is 419. The van der Waals surface area contributed by atoms with Crippen LogP contribution in [0.5, 0.6) is 5.75 Å². The average Bonchev–Trinajstić information content (AvgIpc) is 2.53. The van der Waals surface area contributed by atoms with Gasteiger partial charge in [0.15, 0.2) is 0 Å². The first-order valence-corrected chi connectivity index (χ1v) is 7.93. The van der Waals surface area contributed by atoms with Crippen molar-refractivity contribution in [2.45, 2.75) is 32.4 Å². The minimum Gasteiger partial charge on any atom is -0.496 e. The molecule has 1 aliphatic heterocycles. The van der Waals surface area contributed by atoms with Gasteiger partial charge in [-0.05, 0) is 19.4 Å². The summed E-state index contributed by atoms with van der Waals surface area (Å²) in [5, 5.41) is 3.74. The van der Waals surface area contributed by atoms with Crippen molar-refractivity contribution in [2.24, 2.45) is 0 Å². The third-order valence-corrected chi connectivity index (χ3v) is 4.04. The van der Waals surface area contributed by atoms with Gasteiger partial charge >= 0.3 is 0 Å². The Morgan fingerprint density at radius 1 is 1.29 bits per heavy atom. The van der Waals surface area contributed by atoms with Crippen LogP contribution < -0.4 is 10.1 Å². The second-order valence-corrected chi connectivity index (χ2v) is 5.68. The normalized spacial score (nSPS) is 19.2. The Balaban J connectivity index is 1.94. The lowest BCUT2D eigenvalue weighted by atomic mass is 10.0. The summed E-state index contributed by atoms with van der Waals surface area (Å²) in [6.45, 7) is 9.33. The molecule has 1 fully saturated rings. The van der Waals surface area contributed by atoms with E-state index in [2.05, 4.69) is 36.2 Å². The number of morpholine rings is 1. The van der Waals surface area contributed by atoms with Crippen molar-refractivity contribution in [3.8, 4) is 5.75 Å². The van der Waals surface area contributed by atoms with E-state index in [4.69, 9.17) is 9.47 Å². The van der Waals surface area contributed by atoms with Crippen LogP contribution in [0.1, 0.15) is 31.9 Å². The molecule has 0 aromatic heterocycles. The Kier molecular flexibility index (Phi) is 6.49. The number of nitrogens with one attached hydrogen (secondary N) is 1. The van der Waals surface area contributed by atoms with E-state index in [1.807, 2.05) is 12.1 Å². The van der Waals surface area contributed by atoms with Crippen LogP contribution in [-0.2, 0) is 4.74 Å². The lowest BCUT2D eigenvalue weighted by molar-refractivity contribution is 0.0338. The summed E-state index contributed by atoms with van der Waals surface area (Å²) in [5.74, 6) is 0.968. The van der Waals surface area contributed by atoms with Crippen LogP contribution in [0, 0.1) is 0 Å². The summed E-state index contributed by atoms with van der Waals surface area (Å²) >= 11 is 0. The highest BCUT2D eigenvalue weighted by molar-refractivity contribution is 5.35. The number of methoxy groups -OCH3 is 1. The van der Waals surface area contributed by atoms with Crippen LogP contribution in [-0.4, -0.2) is 50.9 Å². The minimum atomic E-state index is 0.331. The first-order valence-electron chi connectivity index (χ1n) is 7.93. The molecule has 1 aromatic rings. The molecular formula is C17H28N2O2. The largest absolute Gasteiger partial charge is 0.496 e. The van der Waals surface area contributed by atoms with E-state index in [9.17, 15) is 0 Å². The second-order valence-electron chi connectivity index (χ2n) is 5.68. The number of hydrogen-bond acceptors (Lipinski definition) is 4.